The molecule has 4 heteroatoms. The molecule has 0 bridgehead atoms. The van der Waals surface area contributed by atoms with E-state index in [1.807, 2.05) is 30.4 Å². The van der Waals surface area contributed by atoms with Gasteiger partial charge in [0.2, 0.25) is 5.91 Å². The number of aliphatic hydroxyl groups excluding tert-OH is 1. The number of allylic oxidation sites excluding steroid dienone is 2. The van der Waals surface area contributed by atoms with Crippen LogP contribution in [0.4, 0.5) is 0 Å². The second-order valence-corrected chi connectivity index (χ2v) is 6.05. The van der Waals surface area contributed by atoms with Gasteiger partial charge in [-0.05, 0) is 33.5 Å². The molecule has 1 saturated heterocycles. The van der Waals surface area contributed by atoms with E-state index in [9.17, 15) is 14.7 Å². The molecule has 4 rings (SSSR count). The van der Waals surface area contributed by atoms with E-state index in [4.69, 9.17) is 0 Å². The van der Waals surface area contributed by atoms with Crippen molar-refractivity contribution in [2.75, 3.05) is 0 Å². The number of benzene rings is 2. The van der Waals surface area contributed by atoms with Gasteiger partial charge >= 0.3 is 0 Å². The lowest BCUT2D eigenvalue weighted by atomic mass is 9.87. The average molecular weight is 317 g/mol. The van der Waals surface area contributed by atoms with Gasteiger partial charge in [-0.3, -0.25) is 14.9 Å². The molecule has 24 heavy (non-hydrogen) atoms. The Labute approximate surface area is 138 Å². The highest BCUT2D eigenvalue weighted by atomic mass is 16.3. The van der Waals surface area contributed by atoms with Gasteiger partial charge in [-0.15, -0.1) is 0 Å². The maximum Gasteiger partial charge on any atom is 0.261 e. The number of carbonyl (C=O) groups excluding carboxylic acids is 2. The fraction of sp³-hybridized carbons (Fsp3) is 0.100. The third-order valence-corrected chi connectivity index (χ3v) is 4.30. The highest BCUT2D eigenvalue weighted by Gasteiger charge is 2.31. The van der Waals surface area contributed by atoms with Gasteiger partial charge in [-0.2, -0.15) is 0 Å². The highest BCUT2D eigenvalue weighted by molar-refractivity contribution is 6.12. The Morgan fingerprint density at radius 3 is 2.62 bits per heavy atom. The molecule has 0 atom stereocenters. The summed E-state index contributed by atoms with van der Waals surface area (Å²) in [5, 5.41) is 14.8. The van der Waals surface area contributed by atoms with Crippen molar-refractivity contribution in [1.29, 1.82) is 0 Å². The van der Waals surface area contributed by atoms with Gasteiger partial charge in [-0.25, -0.2) is 0 Å². The summed E-state index contributed by atoms with van der Waals surface area (Å²) in [6, 6.07) is 14.3. The zero-order valence-corrected chi connectivity index (χ0v) is 12.9. The lowest BCUT2D eigenvalue weighted by Gasteiger charge is -2.23. The molecule has 2 aromatic rings. The van der Waals surface area contributed by atoms with Crippen LogP contribution in [0.2, 0.25) is 0 Å². The molecule has 1 aliphatic carbocycles. The Hall–Kier alpha value is -3.14. The maximum absolute atomic E-state index is 11.9. The van der Waals surface area contributed by atoms with Crippen LogP contribution in [0.25, 0.3) is 16.8 Å². The van der Waals surface area contributed by atoms with Gasteiger partial charge < -0.3 is 5.11 Å². The predicted octanol–water partition coefficient (Wildman–Crippen LogP) is 3.41. The molecule has 0 unspecified atom stereocenters. The van der Waals surface area contributed by atoms with E-state index in [0.29, 0.717) is 5.57 Å². The normalized spacial score (nSPS) is 19.3. The first-order valence-corrected chi connectivity index (χ1v) is 7.77. The molecule has 0 spiro atoms. The third-order valence-electron chi connectivity index (χ3n) is 4.30. The molecule has 2 aliphatic rings. The van der Waals surface area contributed by atoms with Crippen molar-refractivity contribution in [1.82, 2.24) is 5.32 Å². The minimum atomic E-state index is -0.514. The van der Waals surface area contributed by atoms with Crippen LogP contribution >= 0.6 is 0 Å². The topological polar surface area (TPSA) is 66.4 Å². The molecule has 0 aromatic heterocycles. The van der Waals surface area contributed by atoms with Gasteiger partial charge in [-0.1, -0.05) is 48.6 Å². The number of nitrogens with one attached hydrogen (secondary N) is 1. The maximum atomic E-state index is 11.9. The summed E-state index contributed by atoms with van der Waals surface area (Å²) in [5.74, 6) is -0.834. The van der Waals surface area contributed by atoms with Crippen LogP contribution < -0.4 is 5.32 Å². The average Bonchev–Trinajstić information content (AvgIpc) is 2.53. The predicted molar refractivity (Wildman–Crippen MR) is 92.0 cm³/mol. The first-order chi connectivity index (χ1) is 11.6. The van der Waals surface area contributed by atoms with Crippen molar-refractivity contribution in [3.63, 3.8) is 0 Å². The number of amides is 2. The van der Waals surface area contributed by atoms with Crippen molar-refractivity contribution in [2.24, 2.45) is 0 Å². The van der Waals surface area contributed by atoms with E-state index in [1.165, 1.54) is 5.39 Å². The second kappa shape index (κ2) is 5.49. The first-order valence-electron chi connectivity index (χ1n) is 7.77. The SMILES string of the molecule is O=C1CC2=CC(=Cc3ccc4ccccc4c3)CC(O)=C2C(=O)N1. The van der Waals surface area contributed by atoms with Gasteiger partial charge in [0.05, 0.1) is 12.0 Å². The monoisotopic (exact) mass is 317 g/mol. The molecule has 2 N–H and O–H groups in total. The second-order valence-electron chi connectivity index (χ2n) is 6.05. The van der Waals surface area contributed by atoms with Crippen LogP contribution in [0.1, 0.15) is 18.4 Å². The number of piperidine rings is 1. The van der Waals surface area contributed by atoms with Crippen molar-refractivity contribution in [2.45, 2.75) is 12.8 Å². The third kappa shape index (κ3) is 2.52. The number of fused-ring (bicyclic) bond motifs is 2. The Morgan fingerprint density at radius 1 is 1.00 bits per heavy atom. The quantitative estimate of drug-likeness (QED) is 0.792. The van der Waals surface area contributed by atoms with Crippen LogP contribution in [-0.2, 0) is 9.59 Å². The zero-order valence-electron chi connectivity index (χ0n) is 12.9. The number of hydrogen-bond acceptors (Lipinski definition) is 3. The van der Waals surface area contributed by atoms with Gasteiger partial charge in [0, 0.05) is 6.42 Å². The van der Waals surface area contributed by atoms with E-state index in [2.05, 4.69) is 29.6 Å². The van der Waals surface area contributed by atoms with Crippen LogP contribution in [0.15, 0.2) is 71.0 Å². The van der Waals surface area contributed by atoms with Gasteiger partial charge in [0.15, 0.2) is 0 Å². The number of carbonyl (C=O) groups is 2. The molecule has 0 saturated carbocycles. The van der Waals surface area contributed by atoms with E-state index in [0.717, 1.165) is 16.5 Å². The largest absolute Gasteiger partial charge is 0.511 e. The smallest absolute Gasteiger partial charge is 0.261 e. The summed E-state index contributed by atoms with van der Waals surface area (Å²) in [6.45, 7) is 0. The Kier molecular flexibility index (Phi) is 3.31. The number of hydrogen-bond donors (Lipinski definition) is 2. The van der Waals surface area contributed by atoms with Crippen molar-refractivity contribution < 1.29 is 14.7 Å². The number of imide groups is 1. The van der Waals surface area contributed by atoms with Crippen LogP contribution in [-0.4, -0.2) is 16.9 Å². The molecular weight excluding hydrogens is 302 g/mol. The summed E-state index contributed by atoms with van der Waals surface area (Å²) in [5.41, 5.74) is 2.72. The van der Waals surface area contributed by atoms with E-state index in [-0.39, 0.29) is 30.1 Å². The molecular formula is C20H15NO3. The van der Waals surface area contributed by atoms with E-state index >= 15 is 0 Å². The fourth-order valence-electron chi connectivity index (χ4n) is 3.24. The lowest BCUT2D eigenvalue weighted by Crippen LogP contribution is -2.38. The summed E-state index contributed by atoms with van der Waals surface area (Å²) in [7, 11) is 0. The molecule has 0 radical (unpaired) electrons. The highest BCUT2D eigenvalue weighted by Crippen LogP contribution is 2.32. The Morgan fingerprint density at radius 2 is 1.79 bits per heavy atom. The minimum absolute atomic E-state index is 0.0181. The molecule has 118 valence electrons. The molecule has 2 aromatic carbocycles. The summed E-state index contributed by atoms with van der Waals surface area (Å²) < 4.78 is 0. The zero-order chi connectivity index (χ0) is 16.7. The van der Waals surface area contributed by atoms with Crippen molar-refractivity contribution in [3.8, 4) is 0 Å². The fourth-order valence-corrected chi connectivity index (χ4v) is 3.24. The van der Waals surface area contributed by atoms with Crippen LogP contribution in [0.5, 0.6) is 0 Å². The first kappa shape index (κ1) is 14.5. The Bertz CT molecular complexity index is 979. The van der Waals surface area contributed by atoms with Gasteiger partial charge in [0.1, 0.15) is 5.76 Å². The van der Waals surface area contributed by atoms with Crippen LogP contribution in [0.3, 0.4) is 0 Å². The summed E-state index contributed by atoms with van der Waals surface area (Å²) in [6.07, 6.45) is 4.21. The summed E-state index contributed by atoms with van der Waals surface area (Å²) in [4.78, 5) is 23.4. The molecule has 1 heterocycles. The summed E-state index contributed by atoms with van der Waals surface area (Å²) >= 11 is 0. The van der Waals surface area contributed by atoms with Crippen molar-refractivity contribution in [3.05, 3.63) is 76.6 Å². The molecule has 1 aliphatic heterocycles. The van der Waals surface area contributed by atoms with Gasteiger partial charge in [0.25, 0.3) is 5.91 Å². The number of rotatable bonds is 1. The van der Waals surface area contributed by atoms with Crippen molar-refractivity contribution >= 4 is 28.7 Å². The minimum Gasteiger partial charge on any atom is -0.511 e. The molecule has 4 nitrogen and oxygen atoms in total. The lowest BCUT2D eigenvalue weighted by molar-refractivity contribution is -0.129. The standard InChI is InChI=1S/C20H15NO3/c22-17-10-13(9-16-11-18(23)21-20(24)19(16)17)7-12-5-6-14-3-1-2-4-15(14)8-12/h1-9,22H,10-11H2,(H,21,23,24). The number of aliphatic hydroxyl groups is 1. The van der Waals surface area contributed by atoms with E-state index < -0.39 is 5.91 Å². The Balaban J connectivity index is 1.73. The molecule has 2 amide bonds. The molecule has 1 fully saturated rings. The van der Waals surface area contributed by atoms with E-state index in [1.54, 1.807) is 0 Å². The van der Waals surface area contributed by atoms with Crippen LogP contribution in [0, 0.1) is 0 Å².